The molecule has 2 aromatic rings. The Balaban J connectivity index is 1.58. The molecule has 1 atom stereocenters. The standard InChI is InChI=1S/C15H20N4OS/c1-11-10-19(5-6-20-11)14-4-3-13(8-16-14)9-18-15-17-7-12(2)21-15/h3-4,7-8,11H,5-6,9-10H2,1-2H3,(H,17,18). The van der Waals surface area contributed by atoms with Gasteiger partial charge in [-0.05, 0) is 25.5 Å². The number of nitrogens with one attached hydrogen (secondary N) is 1. The van der Waals surface area contributed by atoms with Crippen molar-refractivity contribution >= 4 is 22.3 Å². The van der Waals surface area contributed by atoms with Gasteiger partial charge in [0.2, 0.25) is 0 Å². The first-order chi connectivity index (χ1) is 10.2. The lowest BCUT2D eigenvalue weighted by atomic mass is 10.2. The van der Waals surface area contributed by atoms with E-state index in [-0.39, 0.29) is 6.10 Å². The molecule has 0 aromatic carbocycles. The van der Waals surface area contributed by atoms with Crippen molar-refractivity contribution < 1.29 is 4.74 Å². The molecule has 0 spiro atoms. The summed E-state index contributed by atoms with van der Waals surface area (Å²) in [7, 11) is 0. The molecule has 1 saturated heterocycles. The first kappa shape index (κ1) is 14.3. The molecule has 0 amide bonds. The SMILES string of the molecule is Cc1cnc(NCc2ccc(N3CCOC(C)C3)nc2)s1. The summed E-state index contributed by atoms with van der Waals surface area (Å²) in [5.74, 6) is 1.03. The molecule has 3 heterocycles. The molecule has 2 aromatic heterocycles. The molecule has 1 unspecified atom stereocenters. The third kappa shape index (κ3) is 3.71. The van der Waals surface area contributed by atoms with Gasteiger partial charge in [-0.2, -0.15) is 0 Å². The lowest BCUT2D eigenvalue weighted by Gasteiger charge is -2.32. The lowest BCUT2D eigenvalue weighted by molar-refractivity contribution is 0.0529. The third-order valence-corrected chi connectivity index (χ3v) is 4.31. The van der Waals surface area contributed by atoms with Gasteiger partial charge in [-0.25, -0.2) is 9.97 Å². The minimum Gasteiger partial charge on any atom is -0.375 e. The van der Waals surface area contributed by atoms with E-state index in [1.54, 1.807) is 11.3 Å². The van der Waals surface area contributed by atoms with Gasteiger partial charge in [-0.3, -0.25) is 0 Å². The molecule has 21 heavy (non-hydrogen) atoms. The maximum Gasteiger partial charge on any atom is 0.183 e. The minimum atomic E-state index is 0.273. The molecule has 5 nitrogen and oxygen atoms in total. The Morgan fingerprint density at radius 3 is 2.95 bits per heavy atom. The van der Waals surface area contributed by atoms with Crippen LogP contribution < -0.4 is 10.2 Å². The zero-order valence-electron chi connectivity index (χ0n) is 12.4. The van der Waals surface area contributed by atoms with Gasteiger partial charge in [0.1, 0.15) is 5.82 Å². The zero-order valence-corrected chi connectivity index (χ0v) is 13.2. The number of ether oxygens (including phenoxy) is 1. The zero-order chi connectivity index (χ0) is 14.7. The first-order valence-electron chi connectivity index (χ1n) is 7.18. The van der Waals surface area contributed by atoms with E-state index in [4.69, 9.17) is 4.74 Å². The molecule has 0 aliphatic carbocycles. The Morgan fingerprint density at radius 1 is 1.38 bits per heavy atom. The number of nitrogens with zero attached hydrogens (tertiary/aromatic N) is 3. The van der Waals surface area contributed by atoms with Crippen LogP contribution in [0, 0.1) is 6.92 Å². The lowest BCUT2D eigenvalue weighted by Crippen LogP contribution is -2.41. The maximum atomic E-state index is 5.56. The van der Waals surface area contributed by atoms with Gasteiger partial charge in [0.25, 0.3) is 0 Å². The van der Waals surface area contributed by atoms with Crippen molar-refractivity contribution in [3.8, 4) is 0 Å². The van der Waals surface area contributed by atoms with Crippen molar-refractivity contribution in [2.75, 3.05) is 29.9 Å². The van der Waals surface area contributed by atoms with Crippen molar-refractivity contribution in [1.82, 2.24) is 9.97 Å². The number of morpholine rings is 1. The molecule has 112 valence electrons. The third-order valence-electron chi connectivity index (χ3n) is 3.44. The second-order valence-electron chi connectivity index (χ2n) is 5.28. The summed E-state index contributed by atoms with van der Waals surface area (Å²) in [6.45, 7) is 7.49. The molecular weight excluding hydrogens is 284 g/mol. The highest BCUT2D eigenvalue weighted by molar-refractivity contribution is 7.15. The Morgan fingerprint density at radius 2 is 2.29 bits per heavy atom. The summed E-state index contributed by atoms with van der Waals surface area (Å²) in [6.07, 6.45) is 4.09. The summed E-state index contributed by atoms with van der Waals surface area (Å²) in [6, 6.07) is 4.21. The number of rotatable bonds is 4. The summed E-state index contributed by atoms with van der Waals surface area (Å²) in [5, 5.41) is 4.28. The van der Waals surface area contributed by atoms with Crippen LogP contribution in [-0.4, -0.2) is 35.8 Å². The van der Waals surface area contributed by atoms with Gasteiger partial charge < -0.3 is 15.0 Å². The van der Waals surface area contributed by atoms with E-state index in [1.165, 1.54) is 4.88 Å². The molecule has 6 heteroatoms. The van der Waals surface area contributed by atoms with E-state index in [9.17, 15) is 0 Å². The van der Waals surface area contributed by atoms with Crippen LogP contribution in [0.3, 0.4) is 0 Å². The van der Waals surface area contributed by atoms with Gasteiger partial charge in [-0.15, -0.1) is 11.3 Å². The number of aryl methyl sites for hydroxylation is 1. The predicted molar refractivity (Wildman–Crippen MR) is 86.0 cm³/mol. The highest BCUT2D eigenvalue weighted by Crippen LogP contribution is 2.18. The van der Waals surface area contributed by atoms with Crippen LogP contribution >= 0.6 is 11.3 Å². The summed E-state index contributed by atoms with van der Waals surface area (Å²) in [4.78, 5) is 12.4. The maximum absolute atomic E-state index is 5.56. The Kier molecular flexibility index (Phi) is 4.36. The Hall–Kier alpha value is -1.66. The van der Waals surface area contributed by atoms with E-state index in [0.29, 0.717) is 0 Å². The van der Waals surface area contributed by atoms with Gasteiger partial charge in [-0.1, -0.05) is 6.07 Å². The second kappa shape index (κ2) is 6.41. The second-order valence-corrected chi connectivity index (χ2v) is 6.52. The largest absolute Gasteiger partial charge is 0.375 e. The monoisotopic (exact) mass is 304 g/mol. The fraction of sp³-hybridized carbons (Fsp3) is 0.467. The van der Waals surface area contributed by atoms with Gasteiger partial charge >= 0.3 is 0 Å². The van der Waals surface area contributed by atoms with Crippen molar-refractivity contribution in [2.24, 2.45) is 0 Å². The van der Waals surface area contributed by atoms with Crippen LogP contribution in [0.5, 0.6) is 0 Å². The molecule has 0 bridgehead atoms. The normalized spacial score (nSPS) is 18.8. The van der Waals surface area contributed by atoms with Crippen LogP contribution in [0.15, 0.2) is 24.5 Å². The van der Waals surface area contributed by atoms with Gasteiger partial charge in [0, 0.05) is 36.9 Å². The van der Waals surface area contributed by atoms with Crippen molar-refractivity contribution in [3.05, 3.63) is 35.0 Å². The molecular formula is C15H20N4OS. The van der Waals surface area contributed by atoms with Crippen molar-refractivity contribution in [3.63, 3.8) is 0 Å². The van der Waals surface area contributed by atoms with E-state index < -0.39 is 0 Å². The van der Waals surface area contributed by atoms with Crippen LogP contribution in [0.25, 0.3) is 0 Å². The van der Waals surface area contributed by atoms with E-state index in [1.807, 2.05) is 12.4 Å². The Labute approximate surface area is 129 Å². The number of thiazole rings is 1. The van der Waals surface area contributed by atoms with E-state index >= 15 is 0 Å². The Bertz CT molecular complexity index is 584. The van der Waals surface area contributed by atoms with Gasteiger partial charge in [0.05, 0.1) is 12.7 Å². The average Bonchev–Trinajstić information content (AvgIpc) is 2.91. The number of hydrogen-bond acceptors (Lipinski definition) is 6. The number of hydrogen-bond donors (Lipinski definition) is 1. The van der Waals surface area contributed by atoms with Crippen LogP contribution in [-0.2, 0) is 11.3 Å². The predicted octanol–water partition coefficient (Wildman–Crippen LogP) is 2.68. The summed E-state index contributed by atoms with van der Waals surface area (Å²) in [5.41, 5.74) is 1.16. The summed E-state index contributed by atoms with van der Waals surface area (Å²) < 4.78 is 5.56. The van der Waals surface area contributed by atoms with Crippen molar-refractivity contribution in [1.29, 1.82) is 0 Å². The molecule has 1 fully saturated rings. The first-order valence-corrected chi connectivity index (χ1v) is 8.00. The molecule has 0 radical (unpaired) electrons. The molecule has 3 rings (SSSR count). The molecule has 0 saturated carbocycles. The van der Waals surface area contributed by atoms with Crippen LogP contribution in [0.1, 0.15) is 17.4 Å². The summed E-state index contributed by atoms with van der Waals surface area (Å²) >= 11 is 1.67. The highest BCUT2D eigenvalue weighted by Gasteiger charge is 2.17. The smallest absolute Gasteiger partial charge is 0.183 e. The highest BCUT2D eigenvalue weighted by atomic mass is 32.1. The van der Waals surface area contributed by atoms with Crippen LogP contribution in [0.4, 0.5) is 10.9 Å². The fourth-order valence-corrected chi connectivity index (χ4v) is 3.01. The number of pyridine rings is 1. The number of anilines is 2. The minimum absolute atomic E-state index is 0.273. The molecule has 1 aliphatic heterocycles. The quantitative estimate of drug-likeness (QED) is 0.941. The topological polar surface area (TPSA) is 50.3 Å². The fourth-order valence-electron chi connectivity index (χ4n) is 2.35. The van der Waals surface area contributed by atoms with Gasteiger partial charge in [0.15, 0.2) is 5.13 Å². The number of aromatic nitrogens is 2. The molecule has 1 aliphatic rings. The molecule has 1 N–H and O–H groups in total. The van der Waals surface area contributed by atoms with E-state index in [0.717, 1.165) is 42.8 Å². The average molecular weight is 304 g/mol. The van der Waals surface area contributed by atoms with Crippen LogP contribution in [0.2, 0.25) is 0 Å². The van der Waals surface area contributed by atoms with Crippen molar-refractivity contribution in [2.45, 2.75) is 26.5 Å². The van der Waals surface area contributed by atoms with E-state index in [2.05, 4.69) is 46.2 Å².